The number of rotatable bonds is 7. The number of aryl methyl sites for hydroxylation is 1. The van der Waals surface area contributed by atoms with Gasteiger partial charge in [-0.3, -0.25) is 4.79 Å². The molecule has 0 atom stereocenters. The van der Waals surface area contributed by atoms with E-state index in [-0.39, 0.29) is 5.91 Å². The molecule has 2 heterocycles. The molecule has 2 aromatic heterocycles. The Morgan fingerprint density at radius 3 is 2.73 bits per heavy atom. The number of amides is 1. The van der Waals surface area contributed by atoms with E-state index < -0.39 is 0 Å². The molecule has 0 saturated carbocycles. The van der Waals surface area contributed by atoms with Crippen molar-refractivity contribution in [3.8, 4) is 0 Å². The number of carbonyl (C=O) groups is 1. The average molecular weight is 484 g/mol. The molecule has 0 saturated heterocycles. The van der Waals surface area contributed by atoms with Crippen molar-refractivity contribution in [3.05, 3.63) is 88.1 Å². The summed E-state index contributed by atoms with van der Waals surface area (Å²) < 4.78 is 7.78. The van der Waals surface area contributed by atoms with E-state index in [1.54, 1.807) is 29.9 Å². The lowest BCUT2D eigenvalue weighted by Gasteiger charge is -2.11. The van der Waals surface area contributed by atoms with Gasteiger partial charge in [0.25, 0.3) is 5.91 Å². The van der Waals surface area contributed by atoms with Gasteiger partial charge in [0, 0.05) is 22.4 Å². The normalized spacial score (nSPS) is 10.9. The molecule has 0 unspecified atom stereocenters. The Balaban J connectivity index is 1.47. The minimum Gasteiger partial charge on any atom is -0.340 e. The standard InChI is InChI=1S/C21H18BrN5O2S/c1-14-24-19(26-29-14)13-30-18-5-3-2-4-17(18)21(28)25-20-10-11-23-27(20)12-15-6-8-16(22)9-7-15/h2-11H,12-13H2,1H3,(H,25,28). The molecule has 152 valence electrons. The van der Waals surface area contributed by atoms with Crippen LogP contribution >= 0.6 is 27.7 Å². The molecule has 0 radical (unpaired) electrons. The van der Waals surface area contributed by atoms with Crippen LogP contribution in [-0.4, -0.2) is 25.8 Å². The third-order valence-electron chi connectivity index (χ3n) is 4.26. The second kappa shape index (κ2) is 9.27. The van der Waals surface area contributed by atoms with E-state index in [4.69, 9.17) is 4.52 Å². The molecule has 0 aliphatic rings. The predicted molar refractivity (Wildman–Crippen MR) is 118 cm³/mol. The Hall–Kier alpha value is -2.91. The van der Waals surface area contributed by atoms with E-state index in [1.165, 1.54) is 11.8 Å². The van der Waals surface area contributed by atoms with Crippen LogP contribution in [0.3, 0.4) is 0 Å². The Morgan fingerprint density at radius 1 is 1.17 bits per heavy atom. The van der Waals surface area contributed by atoms with Crippen LogP contribution in [-0.2, 0) is 12.3 Å². The van der Waals surface area contributed by atoms with Gasteiger partial charge in [0.15, 0.2) is 5.82 Å². The number of thioether (sulfide) groups is 1. The maximum Gasteiger partial charge on any atom is 0.257 e. The summed E-state index contributed by atoms with van der Waals surface area (Å²) in [5.41, 5.74) is 1.67. The van der Waals surface area contributed by atoms with Crippen LogP contribution in [0.4, 0.5) is 5.82 Å². The topological polar surface area (TPSA) is 85.8 Å². The second-order valence-corrected chi connectivity index (χ2v) is 8.40. The second-order valence-electron chi connectivity index (χ2n) is 6.47. The quantitative estimate of drug-likeness (QED) is 0.375. The highest BCUT2D eigenvalue weighted by Crippen LogP contribution is 2.26. The summed E-state index contributed by atoms with van der Waals surface area (Å²) >= 11 is 4.93. The SMILES string of the molecule is Cc1nc(CSc2ccccc2C(=O)Nc2ccnn2Cc2ccc(Br)cc2)no1. The van der Waals surface area contributed by atoms with Crippen molar-refractivity contribution in [2.24, 2.45) is 0 Å². The van der Waals surface area contributed by atoms with Crippen LogP contribution in [0.5, 0.6) is 0 Å². The van der Waals surface area contributed by atoms with Crippen molar-refractivity contribution < 1.29 is 9.32 Å². The Labute approximate surface area is 186 Å². The molecule has 0 bridgehead atoms. The number of nitrogens with zero attached hydrogens (tertiary/aromatic N) is 4. The maximum absolute atomic E-state index is 13.0. The minimum atomic E-state index is -0.194. The van der Waals surface area contributed by atoms with Gasteiger partial charge < -0.3 is 9.84 Å². The summed E-state index contributed by atoms with van der Waals surface area (Å²) in [6, 6.07) is 17.2. The van der Waals surface area contributed by atoms with E-state index in [0.717, 1.165) is 14.9 Å². The summed E-state index contributed by atoms with van der Waals surface area (Å²) in [5.74, 6) is 2.08. The fraction of sp³-hybridized carbons (Fsp3) is 0.143. The maximum atomic E-state index is 13.0. The fourth-order valence-electron chi connectivity index (χ4n) is 2.83. The number of carbonyl (C=O) groups excluding carboxylic acids is 1. The highest BCUT2D eigenvalue weighted by molar-refractivity contribution is 9.10. The number of aromatic nitrogens is 4. The van der Waals surface area contributed by atoms with Crippen molar-refractivity contribution in [1.82, 2.24) is 19.9 Å². The molecule has 4 aromatic rings. The van der Waals surface area contributed by atoms with Crippen LogP contribution in [0.1, 0.15) is 27.6 Å². The first-order valence-corrected chi connectivity index (χ1v) is 10.9. The van der Waals surface area contributed by atoms with Crippen LogP contribution in [0, 0.1) is 6.92 Å². The van der Waals surface area contributed by atoms with Crippen molar-refractivity contribution in [3.63, 3.8) is 0 Å². The van der Waals surface area contributed by atoms with Gasteiger partial charge in [0.1, 0.15) is 5.82 Å². The number of halogens is 1. The van der Waals surface area contributed by atoms with Crippen LogP contribution < -0.4 is 5.32 Å². The van der Waals surface area contributed by atoms with Crippen molar-refractivity contribution in [1.29, 1.82) is 0 Å². The van der Waals surface area contributed by atoms with Crippen LogP contribution in [0.25, 0.3) is 0 Å². The van der Waals surface area contributed by atoms with E-state index >= 15 is 0 Å². The molecule has 0 aliphatic carbocycles. The van der Waals surface area contributed by atoms with Gasteiger partial charge in [-0.15, -0.1) is 11.8 Å². The molecule has 2 aromatic carbocycles. The highest BCUT2D eigenvalue weighted by atomic mass is 79.9. The molecule has 4 rings (SSSR count). The third-order valence-corrected chi connectivity index (χ3v) is 5.86. The average Bonchev–Trinajstić information content (AvgIpc) is 3.37. The Morgan fingerprint density at radius 2 is 1.97 bits per heavy atom. The van der Waals surface area contributed by atoms with Crippen LogP contribution in [0.15, 0.2) is 74.7 Å². The highest BCUT2D eigenvalue weighted by Gasteiger charge is 2.15. The Kier molecular flexibility index (Phi) is 6.29. The smallest absolute Gasteiger partial charge is 0.257 e. The van der Waals surface area contributed by atoms with Crippen molar-refractivity contribution in [2.45, 2.75) is 24.1 Å². The first-order valence-electron chi connectivity index (χ1n) is 9.17. The molecular weight excluding hydrogens is 466 g/mol. The fourth-order valence-corrected chi connectivity index (χ4v) is 3.99. The molecule has 0 fully saturated rings. The van der Waals surface area contributed by atoms with E-state index in [9.17, 15) is 4.79 Å². The summed E-state index contributed by atoms with van der Waals surface area (Å²) in [5, 5.41) is 11.2. The first kappa shape index (κ1) is 20.4. The number of hydrogen-bond acceptors (Lipinski definition) is 6. The van der Waals surface area contributed by atoms with Gasteiger partial charge in [0.05, 0.1) is 24.1 Å². The van der Waals surface area contributed by atoms with Gasteiger partial charge in [-0.25, -0.2) is 4.68 Å². The first-order chi connectivity index (χ1) is 14.6. The summed E-state index contributed by atoms with van der Waals surface area (Å²) in [7, 11) is 0. The predicted octanol–water partition coefficient (Wildman–Crippen LogP) is 4.93. The minimum absolute atomic E-state index is 0.194. The summed E-state index contributed by atoms with van der Waals surface area (Å²) in [4.78, 5) is 18.0. The number of nitrogens with one attached hydrogen (secondary N) is 1. The zero-order valence-electron chi connectivity index (χ0n) is 16.1. The van der Waals surface area contributed by atoms with Gasteiger partial charge in [-0.05, 0) is 29.8 Å². The third kappa shape index (κ3) is 4.98. The van der Waals surface area contributed by atoms with Crippen LogP contribution in [0.2, 0.25) is 0 Å². The summed E-state index contributed by atoms with van der Waals surface area (Å²) in [6.45, 7) is 2.31. The molecule has 1 N–H and O–H groups in total. The number of hydrogen-bond donors (Lipinski definition) is 1. The van der Waals surface area contributed by atoms with Gasteiger partial charge in [-0.1, -0.05) is 45.4 Å². The van der Waals surface area contributed by atoms with Gasteiger partial charge >= 0.3 is 0 Å². The molecule has 0 aliphatic heterocycles. The van der Waals surface area contributed by atoms with Gasteiger partial charge in [-0.2, -0.15) is 10.1 Å². The molecule has 0 spiro atoms. The summed E-state index contributed by atoms with van der Waals surface area (Å²) in [6.07, 6.45) is 1.67. The van der Waals surface area contributed by atoms with Crippen molar-refractivity contribution >= 4 is 39.4 Å². The van der Waals surface area contributed by atoms with E-state index in [0.29, 0.717) is 35.4 Å². The monoisotopic (exact) mass is 483 g/mol. The molecule has 9 heteroatoms. The molecule has 7 nitrogen and oxygen atoms in total. The lowest BCUT2D eigenvalue weighted by atomic mass is 10.2. The molecular formula is C21H18BrN5O2S. The Bertz CT molecular complexity index is 1160. The van der Waals surface area contributed by atoms with Gasteiger partial charge in [0.2, 0.25) is 5.89 Å². The number of anilines is 1. The largest absolute Gasteiger partial charge is 0.340 e. The number of benzene rings is 2. The zero-order valence-corrected chi connectivity index (χ0v) is 18.5. The lowest BCUT2D eigenvalue weighted by Crippen LogP contribution is -2.17. The van der Waals surface area contributed by atoms with E-state index in [2.05, 4.69) is 36.5 Å². The molecule has 30 heavy (non-hydrogen) atoms. The van der Waals surface area contributed by atoms with E-state index in [1.807, 2.05) is 42.5 Å². The van der Waals surface area contributed by atoms with Crippen molar-refractivity contribution in [2.75, 3.05) is 5.32 Å². The molecule has 1 amide bonds. The lowest BCUT2D eigenvalue weighted by molar-refractivity contribution is 0.102. The zero-order chi connectivity index (χ0) is 20.9.